The summed E-state index contributed by atoms with van der Waals surface area (Å²) in [4.78, 5) is 0. The molecule has 1 aliphatic heterocycles. The summed E-state index contributed by atoms with van der Waals surface area (Å²) in [5.74, 6) is 4.45. The molecule has 0 aliphatic carbocycles. The summed E-state index contributed by atoms with van der Waals surface area (Å²) in [6.45, 7) is 3.14. The fourth-order valence-electron chi connectivity index (χ4n) is 1.62. The van der Waals surface area contributed by atoms with Crippen LogP contribution in [0.5, 0.6) is 0 Å². The molecule has 0 radical (unpaired) electrons. The van der Waals surface area contributed by atoms with Crippen LogP contribution in [-0.4, -0.2) is 18.1 Å². The van der Waals surface area contributed by atoms with Crippen molar-refractivity contribution in [2.75, 3.05) is 18.1 Å². The first-order valence-corrected chi connectivity index (χ1v) is 5.31. The number of nitrogens with two attached hydrogens (primary N) is 1. The Morgan fingerprint density at radius 2 is 2.50 bits per heavy atom. The Hall–Kier alpha value is 0.310. The summed E-state index contributed by atoms with van der Waals surface area (Å²) >= 11 is 2.09. The van der Waals surface area contributed by atoms with Crippen LogP contribution in [0.4, 0.5) is 0 Å². The van der Waals surface area contributed by atoms with Gasteiger partial charge in [0.05, 0.1) is 0 Å². The van der Waals surface area contributed by atoms with E-state index in [4.69, 9.17) is 5.73 Å². The van der Waals surface area contributed by atoms with E-state index in [1.165, 1.54) is 24.3 Å². The van der Waals surface area contributed by atoms with Crippen molar-refractivity contribution in [2.24, 2.45) is 17.6 Å². The SMILES string of the molecule is CCC(CN)C1CCSC1. The second kappa shape index (κ2) is 4.24. The van der Waals surface area contributed by atoms with Crippen LogP contribution in [-0.2, 0) is 0 Å². The van der Waals surface area contributed by atoms with Crippen molar-refractivity contribution in [1.82, 2.24) is 0 Å². The molecule has 0 spiro atoms. The molecule has 2 unspecified atom stereocenters. The molecule has 0 aromatic carbocycles. The average molecular weight is 159 g/mol. The van der Waals surface area contributed by atoms with Crippen LogP contribution < -0.4 is 5.73 Å². The molecule has 0 amide bonds. The van der Waals surface area contributed by atoms with Crippen LogP contribution in [0, 0.1) is 11.8 Å². The van der Waals surface area contributed by atoms with Gasteiger partial charge in [0.1, 0.15) is 0 Å². The van der Waals surface area contributed by atoms with Gasteiger partial charge in [-0.3, -0.25) is 0 Å². The summed E-state index contributed by atoms with van der Waals surface area (Å²) in [5, 5.41) is 0. The summed E-state index contributed by atoms with van der Waals surface area (Å²) in [6, 6.07) is 0. The molecule has 1 saturated heterocycles. The first-order chi connectivity index (χ1) is 4.88. The zero-order chi connectivity index (χ0) is 7.40. The maximum absolute atomic E-state index is 5.65. The second-order valence-corrected chi connectivity index (χ2v) is 4.18. The molecule has 1 rings (SSSR count). The monoisotopic (exact) mass is 159 g/mol. The van der Waals surface area contributed by atoms with E-state index in [2.05, 4.69) is 18.7 Å². The Morgan fingerprint density at radius 1 is 1.70 bits per heavy atom. The predicted molar refractivity (Wildman–Crippen MR) is 48.3 cm³/mol. The largest absolute Gasteiger partial charge is 0.330 e. The topological polar surface area (TPSA) is 26.0 Å². The second-order valence-electron chi connectivity index (χ2n) is 3.03. The Morgan fingerprint density at radius 3 is 2.90 bits per heavy atom. The van der Waals surface area contributed by atoms with Crippen LogP contribution in [0.25, 0.3) is 0 Å². The molecule has 1 aliphatic rings. The van der Waals surface area contributed by atoms with Crippen molar-refractivity contribution in [3.05, 3.63) is 0 Å². The van der Waals surface area contributed by atoms with Gasteiger partial charge in [0.2, 0.25) is 0 Å². The van der Waals surface area contributed by atoms with Crippen LogP contribution in [0.15, 0.2) is 0 Å². The zero-order valence-electron chi connectivity index (χ0n) is 6.68. The number of thioether (sulfide) groups is 1. The van der Waals surface area contributed by atoms with Crippen molar-refractivity contribution in [2.45, 2.75) is 19.8 Å². The maximum atomic E-state index is 5.65. The van der Waals surface area contributed by atoms with Crippen LogP contribution >= 0.6 is 11.8 Å². The quantitative estimate of drug-likeness (QED) is 0.678. The Kier molecular flexibility index (Phi) is 3.57. The molecule has 0 saturated carbocycles. The van der Waals surface area contributed by atoms with Gasteiger partial charge >= 0.3 is 0 Å². The summed E-state index contributed by atoms with van der Waals surface area (Å²) in [5.41, 5.74) is 5.65. The van der Waals surface area contributed by atoms with Gasteiger partial charge < -0.3 is 5.73 Å². The lowest BCUT2D eigenvalue weighted by Gasteiger charge is -2.18. The van der Waals surface area contributed by atoms with E-state index < -0.39 is 0 Å². The van der Waals surface area contributed by atoms with Gasteiger partial charge in [-0.25, -0.2) is 0 Å². The van der Waals surface area contributed by atoms with E-state index in [-0.39, 0.29) is 0 Å². The van der Waals surface area contributed by atoms with Crippen molar-refractivity contribution in [1.29, 1.82) is 0 Å². The van der Waals surface area contributed by atoms with Gasteiger partial charge in [-0.1, -0.05) is 13.3 Å². The zero-order valence-corrected chi connectivity index (χ0v) is 7.49. The standard InChI is InChI=1S/C8H17NS/c1-2-7(5-9)8-3-4-10-6-8/h7-8H,2-6,9H2,1H3. The molecule has 2 atom stereocenters. The molecule has 1 nitrogen and oxygen atoms in total. The van der Waals surface area contributed by atoms with Gasteiger partial charge in [0.25, 0.3) is 0 Å². The van der Waals surface area contributed by atoms with Gasteiger partial charge in [-0.15, -0.1) is 0 Å². The average Bonchev–Trinajstić information content (AvgIpc) is 2.43. The number of rotatable bonds is 3. The Balaban J connectivity index is 2.29. The summed E-state index contributed by atoms with van der Waals surface area (Å²) < 4.78 is 0. The summed E-state index contributed by atoms with van der Waals surface area (Å²) in [7, 11) is 0. The highest BCUT2D eigenvalue weighted by molar-refractivity contribution is 7.99. The fraction of sp³-hybridized carbons (Fsp3) is 1.00. The molecule has 60 valence electrons. The molecule has 0 aromatic heterocycles. The molecular formula is C8H17NS. The van der Waals surface area contributed by atoms with Crippen molar-refractivity contribution in [3.63, 3.8) is 0 Å². The molecule has 2 N–H and O–H groups in total. The molecule has 0 aromatic rings. The van der Waals surface area contributed by atoms with Crippen LogP contribution in [0.1, 0.15) is 19.8 Å². The maximum Gasteiger partial charge on any atom is -0.00357 e. The third kappa shape index (κ3) is 1.89. The third-order valence-electron chi connectivity index (χ3n) is 2.46. The van der Waals surface area contributed by atoms with E-state index in [0.29, 0.717) is 0 Å². The lowest BCUT2D eigenvalue weighted by Crippen LogP contribution is -2.22. The van der Waals surface area contributed by atoms with Crippen LogP contribution in [0.3, 0.4) is 0 Å². The summed E-state index contributed by atoms with van der Waals surface area (Å²) in [6.07, 6.45) is 2.67. The van der Waals surface area contributed by atoms with E-state index >= 15 is 0 Å². The minimum Gasteiger partial charge on any atom is -0.330 e. The van der Waals surface area contributed by atoms with E-state index in [0.717, 1.165) is 18.4 Å². The normalized spacial score (nSPS) is 28.8. The molecule has 1 fully saturated rings. The lowest BCUT2D eigenvalue weighted by atomic mass is 9.90. The predicted octanol–water partition coefficient (Wildman–Crippen LogP) is 1.72. The third-order valence-corrected chi connectivity index (χ3v) is 3.65. The van der Waals surface area contributed by atoms with E-state index in [9.17, 15) is 0 Å². The van der Waals surface area contributed by atoms with Gasteiger partial charge in [-0.2, -0.15) is 11.8 Å². The number of hydrogen-bond donors (Lipinski definition) is 1. The molecule has 0 bridgehead atoms. The first kappa shape index (κ1) is 8.41. The van der Waals surface area contributed by atoms with Crippen molar-refractivity contribution >= 4 is 11.8 Å². The Labute approximate surface area is 67.8 Å². The highest BCUT2D eigenvalue weighted by Crippen LogP contribution is 2.30. The molecule has 2 heteroatoms. The minimum atomic E-state index is 0.801. The van der Waals surface area contributed by atoms with Crippen molar-refractivity contribution in [3.8, 4) is 0 Å². The fourth-order valence-corrected chi connectivity index (χ4v) is 2.99. The van der Waals surface area contributed by atoms with Crippen molar-refractivity contribution < 1.29 is 0 Å². The first-order valence-electron chi connectivity index (χ1n) is 4.16. The number of hydrogen-bond acceptors (Lipinski definition) is 2. The molecule has 1 heterocycles. The van der Waals surface area contributed by atoms with E-state index in [1.54, 1.807) is 0 Å². The minimum absolute atomic E-state index is 0.801. The van der Waals surface area contributed by atoms with E-state index in [1.807, 2.05) is 0 Å². The highest BCUT2D eigenvalue weighted by atomic mass is 32.2. The lowest BCUT2D eigenvalue weighted by molar-refractivity contribution is 0.363. The highest BCUT2D eigenvalue weighted by Gasteiger charge is 2.22. The smallest absolute Gasteiger partial charge is 0.00357 e. The van der Waals surface area contributed by atoms with Crippen LogP contribution in [0.2, 0.25) is 0 Å². The molecular weight excluding hydrogens is 142 g/mol. The van der Waals surface area contributed by atoms with Gasteiger partial charge in [-0.05, 0) is 36.3 Å². The molecule has 10 heavy (non-hydrogen) atoms. The van der Waals surface area contributed by atoms with Gasteiger partial charge in [0, 0.05) is 0 Å². The Bertz CT molecular complexity index is 85.3. The van der Waals surface area contributed by atoms with Gasteiger partial charge in [0.15, 0.2) is 0 Å².